The smallest absolute Gasteiger partial charge is 0.425 e. The molecule has 0 unspecified atom stereocenters. The van der Waals surface area contributed by atoms with Crippen LogP contribution < -0.4 is 4.74 Å². The van der Waals surface area contributed by atoms with Gasteiger partial charge in [0.05, 0.1) is 18.6 Å². The Kier molecular flexibility index (Phi) is 16.9. The number of terminal acetylenes is 1. The number of methoxy groups -OCH3 is 1. The van der Waals surface area contributed by atoms with Crippen LogP contribution in [0.25, 0.3) is 0 Å². The number of aromatic nitrogens is 1. The van der Waals surface area contributed by atoms with Crippen LogP contribution in [0.3, 0.4) is 0 Å². The predicted molar refractivity (Wildman–Crippen MR) is 186 cm³/mol. The van der Waals surface area contributed by atoms with Gasteiger partial charge in [0.2, 0.25) is 5.91 Å². The minimum Gasteiger partial charge on any atom is -0.496 e. The maximum absolute atomic E-state index is 13.6. The molecular weight excluding hydrogens is 736 g/mol. The first-order chi connectivity index (χ1) is 24.5. The predicted octanol–water partition coefficient (Wildman–Crippen LogP) is 8.87. The van der Waals surface area contributed by atoms with Crippen LogP contribution in [0, 0.1) is 18.8 Å². The Balaban J connectivity index is 0.000000429. The number of alkyl halides is 6. The van der Waals surface area contributed by atoms with Crippen molar-refractivity contribution >= 4 is 40.7 Å². The topological polar surface area (TPSA) is 100 Å². The van der Waals surface area contributed by atoms with Crippen molar-refractivity contribution in [1.29, 1.82) is 0 Å². The van der Waals surface area contributed by atoms with Crippen molar-refractivity contribution in [2.24, 2.45) is 5.92 Å². The quantitative estimate of drug-likeness (QED) is 0.199. The van der Waals surface area contributed by atoms with E-state index in [1.54, 1.807) is 17.9 Å². The van der Waals surface area contributed by atoms with Crippen molar-refractivity contribution in [3.8, 4) is 18.6 Å². The number of carboxylic acid groups (broad SMARTS) is 1. The van der Waals surface area contributed by atoms with Crippen LogP contribution in [0.1, 0.15) is 78.0 Å². The van der Waals surface area contributed by atoms with E-state index in [9.17, 15) is 40.7 Å². The van der Waals surface area contributed by atoms with E-state index in [0.29, 0.717) is 68.1 Å². The third-order valence-corrected chi connectivity index (χ3v) is 9.33. The standard InChI is InChI=1S/C25H27ClF3N3O2.C6H5F3OS.C3H6O2.C2H2/c1-2-5-21-19(23(33)31-13-10-16-14-18(26)9-8-17(16)15-31)6-4-12-32(21)24(34)22-20(25(27,28)29)7-3-11-30-22;1-10-4-2-5(11-3-4)6(7,8)9;1-2-3(4)5;1-2/h3,7-9,11,14,19,21H,2,4-6,10,12-13,15H2,1H3;2-3H,1H3;2H2,1H3,(H,4,5);1-2H/t19-,21-;;;/m1.../s1. The number of hydrogen-bond acceptors (Lipinski definition) is 6. The van der Waals surface area contributed by atoms with E-state index in [0.717, 1.165) is 23.3 Å². The number of ether oxygens (including phenoxy) is 1. The number of fused-ring (bicyclic) bond motifs is 1. The Morgan fingerprint density at radius 3 is 2.25 bits per heavy atom. The van der Waals surface area contributed by atoms with Crippen molar-refractivity contribution in [1.82, 2.24) is 14.8 Å². The van der Waals surface area contributed by atoms with Crippen molar-refractivity contribution in [2.75, 3.05) is 20.2 Å². The van der Waals surface area contributed by atoms with E-state index < -0.39 is 52.3 Å². The lowest BCUT2D eigenvalue weighted by Gasteiger charge is -2.43. The molecule has 0 aliphatic carbocycles. The van der Waals surface area contributed by atoms with Crippen molar-refractivity contribution < 1.29 is 50.6 Å². The van der Waals surface area contributed by atoms with Crippen LogP contribution >= 0.6 is 22.9 Å². The molecule has 284 valence electrons. The van der Waals surface area contributed by atoms with Gasteiger partial charge >= 0.3 is 18.3 Å². The van der Waals surface area contributed by atoms with Gasteiger partial charge in [-0.15, -0.1) is 24.2 Å². The molecular formula is C36H40ClF6N3O5S. The van der Waals surface area contributed by atoms with Gasteiger partial charge in [-0.2, -0.15) is 26.3 Å². The SMILES string of the molecule is C#C.CCC(=O)O.CCC[C@@H]1[C@H](C(=O)N2CCc3cc(Cl)ccc3C2)CCCN1C(=O)c1ncccc1C(F)(F)F.COc1csc(C(F)(F)F)c1. The molecule has 2 amide bonds. The summed E-state index contributed by atoms with van der Waals surface area (Å²) in [5, 5.41) is 9.71. The van der Waals surface area contributed by atoms with E-state index in [4.69, 9.17) is 16.7 Å². The molecule has 0 radical (unpaired) electrons. The largest absolute Gasteiger partial charge is 0.496 e. The summed E-state index contributed by atoms with van der Waals surface area (Å²) in [7, 11) is 1.34. The number of carbonyl (C=O) groups excluding carboxylic acids is 2. The van der Waals surface area contributed by atoms with E-state index in [2.05, 4.69) is 22.6 Å². The lowest BCUT2D eigenvalue weighted by Crippen LogP contribution is -2.54. The number of carbonyl (C=O) groups is 3. The zero-order chi connectivity index (χ0) is 39.2. The molecule has 1 fully saturated rings. The third-order valence-electron chi connectivity index (χ3n) is 8.14. The van der Waals surface area contributed by atoms with Gasteiger partial charge in [-0.3, -0.25) is 19.4 Å². The molecule has 0 saturated carbocycles. The molecule has 1 N–H and O–H groups in total. The van der Waals surface area contributed by atoms with Gasteiger partial charge in [0.25, 0.3) is 5.91 Å². The van der Waals surface area contributed by atoms with Crippen molar-refractivity contribution in [3.05, 3.63) is 80.3 Å². The fourth-order valence-electron chi connectivity index (χ4n) is 5.71. The third kappa shape index (κ3) is 12.2. The van der Waals surface area contributed by atoms with Gasteiger partial charge in [-0.1, -0.05) is 37.9 Å². The molecule has 4 heterocycles. The Morgan fingerprint density at radius 1 is 1.04 bits per heavy atom. The Hall–Kier alpha value is -4.29. The average Bonchev–Trinajstić information content (AvgIpc) is 3.63. The second-order valence-corrected chi connectivity index (χ2v) is 12.9. The monoisotopic (exact) mass is 775 g/mol. The number of nitrogens with zero attached hydrogens (tertiary/aromatic N) is 3. The molecule has 3 aromatic rings. The van der Waals surface area contributed by atoms with E-state index in [-0.39, 0.29) is 18.1 Å². The van der Waals surface area contributed by atoms with Gasteiger partial charge < -0.3 is 19.6 Å². The lowest BCUT2D eigenvalue weighted by molar-refractivity contribution is -0.141. The highest BCUT2D eigenvalue weighted by Crippen LogP contribution is 2.37. The number of thiophene rings is 1. The number of benzene rings is 1. The summed E-state index contributed by atoms with van der Waals surface area (Å²) in [5.74, 6) is -1.76. The normalized spacial score (nSPS) is 16.8. The van der Waals surface area contributed by atoms with Crippen LogP contribution in [0.15, 0.2) is 48.0 Å². The molecule has 2 aliphatic rings. The van der Waals surface area contributed by atoms with E-state index >= 15 is 0 Å². The number of amides is 2. The van der Waals surface area contributed by atoms with E-state index in [1.165, 1.54) is 29.7 Å². The molecule has 1 aromatic carbocycles. The first-order valence-electron chi connectivity index (χ1n) is 16.2. The molecule has 8 nitrogen and oxygen atoms in total. The minimum atomic E-state index is -4.69. The maximum Gasteiger partial charge on any atom is 0.425 e. The molecule has 1 saturated heterocycles. The zero-order valence-corrected chi connectivity index (χ0v) is 30.3. The fraction of sp³-hybridized carbons (Fsp3) is 0.444. The summed E-state index contributed by atoms with van der Waals surface area (Å²) in [6.45, 7) is 4.87. The highest BCUT2D eigenvalue weighted by Gasteiger charge is 2.43. The summed E-state index contributed by atoms with van der Waals surface area (Å²) < 4.78 is 80.9. The molecule has 52 heavy (non-hydrogen) atoms. The number of likely N-dealkylation sites (tertiary alicyclic amines) is 1. The summed E-state index contributed by atoms with van der Waals surface area (Å²) >= 11 is 6.72. The summed E-state index contributed by atoms with van der Waals surface area (Å²) in [6, 6.07) is 8.22. The van der Waals surface area contributed by atoms with Crippen LogP contribution in [0.5, 0.6) is 5.75 Å². The Labute approximate surface area is 307 Å². The molecule has 0 spiro atoms. The van der Waals surface area contributed by atoms with Crippen molar-refractivity contribution in [3.63, 3.8) is 0 Å². The molecule has 2 atom stereocenters. The minimum absolute atomic E-state index is 0.0476. The second kappa shape index (κ2) is 20.1. The van der Waals surface area contributed by atoms with Gasteiger partial charge in [-0.25, -0.2) is 0 Å². The fourth-order valence-corrected chi connectivity index (χ4v) is 6.63. The highest BCUT2D eigenvalue weighted by atomic mass is 35.5. The number of halogens is 7. The number of piperidine rings is 1. The van der Waals surface area contributed by atoms with Crippen LogP contribution in [0.4, 0.5) is 26.3 Å². The highest BCUT2D eigenvalue weighted by molar-refractivity contribution is 7.10. The maximum atomic E-state index is 13.6. The van der Waals surface area contributed by atoms with Crippen LogP contribution in [0.2, 0.25) is 5.02 Å². The summed E-state index contributed by atoms with van der Waals surface area (Å²) in [6.07, 6.45) is 3.57. The summed E-state index contributed by atoms with van der Waals surface area (Å²) in [5.41, 5.74) is 0.517. The number of rotatable bonds is 6. The van der Waals surface area contributed by atoms with Crippen LogP contribution in [-0.4, -0.2) is 63.9 Å². The van der Waals surface area contributed by atoms with Gasteiger partial charge in [0.1, 0.15) is 16.3 Å². The lowest BCUT2D eigenvalue weighted by atomic mass is 9.84. The second-order valence-electron chi connectivity index (χ2n) is 11.5. The van der Waals surface area contributed by atoms with Gasteiger partial charge in [0.15, 0.2) is 0 Å². The number of pyridine rings is 1. The zero-order valence-electron chi connectivity index (χ0n) is 28.8. The molecule has 16 heteroatoms. The average molecular weight is 776 g/mol. The summed E-state index contributed by atoms with van der Waals surface area (Å²) in [4.78, 5) is 42.7. The Morgan fingerprint density at radius 2 is 1.71 bits per heavy atom. The molecule has 5 rings (SSSR count). The first-order valence-corrected chi connectivity index (χ1v) is 17.4. The number of aliphatic carboxylic acids is 1. The van der Waals surface area contributed by atoms with E-state index in [1.807, 2.05) is 19.1 Å². The van der Waals surface area contributed by atoms with Gasteiger partial charge in [-0.05, 0) is 61.1 Å². The molecule has 2 aromatic heterocycles. The first kappa shape index (κ1) is 43.9. The molecule has 2 aliphatic heterocycles. The van der Waals surface area contributed by atoms with Crippen molar-refractivity contribution in [2.45, 2.75) is 77.3 Å². The Bertz CT molecular complexity index is 1660. The van der Waals surface area contributed by atoms with Crippen LogP contribution in [-0.2, 0) is 34.9 Å². The number of hydrogen-bond donors (Lipinski definition) is 1. The number of carboxylic acids is 1. The van der Waals surface area contributed by atoms with Gasteiger partial charge in [0, 0.05) is 54.8 Å². The molecule has 0 bridgehead atoms.